The highest BCUT2D eigenvalue weighted by molar-refractivity contribution is 5.69. The Balaban J connectivity index is 1.99. The standard InChI is InChI=1S/C14H19NO4/c1-17-13(16)7-3-5-11(15)10-4-2-6-12-14(10)19-9-8-18-12/h2,4,6,11H,3,5,7-9,15H2,1H3. The van der Waals surface area contributed by atoms with Crippen LogP contribution < -0.4 is 15.2 Å². The number of hydrogen-bond acceptors (Lipinski definition) is 5. The minimum absolute atomic E-state index is 0.165. The van der Waals surface area contributed by atoms with Crippen molar-refractivity contribution in [2.75, 3.05) is 20.3 Å². The minimum atomic E-state index is -0.207. The van der Waals surface area contributed by atoms with Crippen LogP contribution in [0.1, 0.15) is 30.9 Å². The van der Waals surface area contributed by atoms with E-state index in [9.17, 15) is 4.79 Å². The summed E-state index contributed by atoms with van der Waals surface area (Å²) in [5.74, 6) is 1.27. The van der Waals surface area contributed by atoms with E-state index in [1.165, 1.54) is 7.11 Å². The number of carbonyl (C=O) groups excluding carboxylic acids is 1. The molecule has 0 amide bonds. The first kappa shape index (κ1) is 13.7. The Morgan fingerprint density at radius 1 is 1.42 bits per heavy atom. The van der Waals surface area contributed by atoms with Gasteiger partial charge >= 0.3 is 5.97 Å². The highest BCUT2D eigenvalue weighted by Gasteiger charge is 2.19. The van der Waals surface area contributed by atoms with Gasteiger partial charge in [0.05, 0.1) is 7.11 Å². The van der Waals surface area contributed by atoms with Gasteiger partial charge in [0.25, 0.3) is 0 Å². The van der Waals surface area contributed by atoms with Crippen LogP contribution in [0.15, 0.2) is 18.2 Å². The lowest BCUT2D eigenvalue weighted by Crippen LogP contribution is -2.19. The Bertz CT molecular complexity index is 447. The number of rotatable bonds is 5. The van der Waals surface area contributed by atoms with E-state index in [0.717, 1.165) is 17.1 Å². The van der Waals surface area contributed by atoms with E-state index in [0.29, 0.717) is 32.5 Å². The van der Waals surface area contributed by atoms with Crippen molar-refractivity contribution in [2.24, 2.45) is 5.73 Å². The van der Waals surface area contributed by atoms with Crippen LogP contribution in [0.3, 0.4) is 0 Å². The molecule has 0 radical (unpaired) electrons. The summed E-state index contributed by atoms with van der Waals surface area (Å²) >= 11 is 0. The second-order valence-corrected chi connectivity index (χ2v) is 4.45. The van der Waals surface area contributed by atoms with Gasteiger partial charge in [-0.3, -0.25) is 4.79 Å². The van der Waals surface area contributed by atoms with Crippen LogP contribution in [0.5, 0.6) is 11.5 Å². The molecule has 0 saturated carbocycles. The van der Waals surface area contributed by atoms with Crippen LogP contribution in [0.4, 0.5) is 0 Å². The Labute approximate surface area is 112 Å². The number of hydrogen-bond donors (Lipinski definition) is 1. The number of nitrogens with two attached hydrogens (primary N) is 1. The number of ether oxygens (including phenoxy) is 3. The van der Waals surface area contributed by atoms with E-state index in [1.807, 2.05) is 18.2 Å². The molecule has 1 heterocycles. The predicted molar refractivity (Wildman–Crippen MR) is 70.2 cm³/mol. The zero-order valence-corrected chi connectivity index (χ0v) is 11.1. The fourth-order valence-corrected chi connectivity index (χ4v) is 2.11. The monoisotopic (exact) mass is 265 g/mol. The SMILES string of the molecule is COC(=O)CCCC(N)c1cccc2c1OCCO2. The molecule has 19 heavy (non-hydrogen) atoms. The molecule has 0 spiro atoms. The van der Waals surface area contributed by atoms with Crippen molar-refractivity contribution in [3.8, 4) is 11.5 Å². The summed E-state index contributed by atoms with van der Waals surface area (Å²) in [5, 5.41) is 0. The molecule has 1 unspecified atom stereocenters. The summed E-state index contributed by atoms with van der Waals surface area (Å²) in [6.45, 7) is 1.10. The molecule has 2 N–H and O–H groups in total. The second-order valence-electron chi connectivity index (χ2n) is 4.45. The lowest BCUT2D eigenvalue weighted by molar-refractivity contribution is -0.140. The zero-order valence-electron chi connectivity index (χ0n) is 11.1. The maximum Gasteiger partial charge on any atom is 0.305 e. The summed E-state index contributed by atoms with van der Waals surface area (Å²) in [5.41, 5.74) is 7.09. The Kier molecular flexibility index (Phi) is 4.63. The van der Waals surface area contributed by atoms with E-state index in [1.54, 1.807) is 0 Å². The van der Waals surface area contributed by atoms with Gasteiger partial charge in [-0.05, 0) is 18.9 Å². The first-order chi connectivity index (χ1) is 9.22. The van der Waals surface area contributed by atoms with Gasteiger partial charge in [0, 0.05) is 18.0 Å². The molecule has 1 aliphatic heterocycles. The van der Waals surface area contributed by atoms with Crippen LogP contribution in [0.2, 0.25) is 0 Å². The molecule has 1 aliphatic rings. The van der Waals surface area contributed by atoms with E-state index >= 15 is 0 Å². The average Bonchev–Trinajstić information content (AvgIpc) is 2.46. The van der Waals surface area contributed by atoms with Crippen molar-refractivity contribution < 1.29 is 19.0 Å². The van der Waals surface area contributed by atoms with E-state index < -0.39 is 0 Å². The molecular weight excluding hydrogens is 246 g/mol. The van der Waals surface area contributed by atoms with Crippen molar-refractivity contribution in [1.29, 1.82) is 0 Å². The predicted octanol–water partition coefficient (Wildman–Crippen LogP) is 1.80. The molecular formula is C14H19NO4. The largest absolute Gasteiger partial charge is 0.486 e. The summed E-state index contributed by atoms with van der Waals surface area (Å²) in [7, 11) is 1.39. The molecule has 1 aromatic rings. The first-order valence-corrected chi connectivity index (χ1v) is 6.43. The Morgan fingerprint density at radius 3 is 3.00 bits per heavy atom. The summed E-state index contributed by atoms with van der Waals surface area (Å²) in [6.07, 6.45) is 1.78. The average molecular weight is 265 g/mol. The van der Waals surface area contributed by atoms with E-state index in [4.69, 9.17) is 15.2 Å². The summed E-state index contributed by atoms with van der Waals surface area (Å²) < 4.78 is 15.8. The van der Waals surface area contributed by atoms with Gasteiger partial charge in [0.15, 0.2) is 11.5 Å². The van der Waals surface area contributed by atoms with Gasteiger partial charge < -0.3 is 19.9 Å². The van der Waals surface area contributed by atoms with Gasteiger partial charge in [-0.2, -0.15) is 0 Å². The Morgan fingerprint density at radius 2 is 2.21 bits per heavy atom. The molecule has 5 nitrogen and oxygen atoms in total. The van der Waals surface area contributed by atoms with Gasteiger partial charge in [-0.1, -0.05) is 12.1 Å². The molecule has 104 valence electrons. The van der Waals surface area contributed by atoms with E-state index in [-0.39, 0.29) is 12.0 Å². The maximum absolute atomic E-state index is 11.1. The topological polar surface area (TPSA) is 70.8 Å². The number of esters is 1. The van der Waals surface area contributed by atoms with Gasteiger partial charge in [0.2, 0.25) is 0 Å². The van der Waals surface area contributed by atoms with Crippen LogP contribution in [0.25, 0.3) is 0 Å². The van der Waals surface area contributed by atoms with Crippen molar-refractivity contribution in [1.82, 2.24) is 0 Å². The summed E-state index contributed by atoms with van der Waals surface area (Å²) in [4.78, 5) is 11.1. The number of fused-ring (bicyclic) bond motifs is 1. The zero-order chi connectivity index (χ0) is 13.7. The number of carbonyl (C=O) groups is 1. The molecule has 0 aliphatic carbocycles. The number of para-hydroxylation sites is 1. The molecule has 0 fully saturated rings. The van der Waals surface area contributed by atoms with Crippen LogP contribution in [-0.2, 0) is 9.53 Å². The second kappa shape index (κ2) is 6.43. The minimum Gasteiger partial charge on any atom is -0.486 e. The molecule has 1 atom stereocenters. The Hall–Kier alpha value is -1.75. The van der Waals surface area contributed by atoms with Crippen molar-refractivity contribution in [3.05, 3.63) is 23.8 Å². The maximum atomic E-state index is 11.1. The quantitative estimate of drug-likeness (QED) is 0.822. The van der Waals surface area contributed by atoms with Gasteiger partial charge in [-0.25, -0.2) is 0 Å². The number of benzene rings is 1. The van der Waals surface area contributed by atoms with Crippen molar-refractivity contribution in [3.63, 3.8) is 0 Å². The van der Waals surface area contributed by atoms with Gasteiger partial charge in [0.1, 0.15) is 13.2 Å². The smallest absolute Gasteiger partial charge is 0.305 e. The number of methoxy groups -OCH3 is 1. The van der Waals surface area contributed by atoms with Crippen LogP contribution >= 0.6 is 0 Å². The third-order valence-corrected chi connectivity index (χ3v) is 3.12. The first-order valence-electron chi connectivity index (χ1n) is 6.43. The molecule has 2 rings (SSSR count). The van der Waals surface area contributed by atoms with Crippen LogP contribution in [0, 0.1) is 0 Å². The van der Waals surface area contributed by atoms with Crippen molar-refractivity contribution in [2.45, 2.75) is 25.3 Å². The fourth-order valence-electron chi connectivity index (χ4n) is 2.11. The highest BCUT2D eigenvalue weighted by Crippen LogP contribution is 2.37. The molecule has 0 bridgehead atoms. The molecule has 0 aromatic heterocycles. The normalized spacial score (nSPS) is 14.8. The molecule has 0 saturated heterocycles. The molecule has 5 heteroatoms. The lowest BCUT2D eigenvalue weighted by Gasteiger charge is -2.23. The summed E-state index contributed by atoms with van der Waals surface area (Å²) in [6, 6.07) is 5.56. The lowest BCUT2D eigenvalue weighted by atomic mass is 10.0. The van der Waals surface area contributed by atoms with E-state index in [2.05, 4.69) is 4.74 Å². The van der Waals surface area contributed by atoms with Gasteiger partial charge in [-0.15, -0.1) is 0 Å². The van der Waals surface area contributed by atoms with Crippen molar-refractivity contribution >= 4 is 5.97 Å². The van der Waals surface area contributed by atoms with Crippen LogP contribution in [-0.4, -0.2) is 26.3 Å². The third kappa shape index (κ3) is 3.38. The fraction of sp³-hybridized carbons (Fsp3) is 0.500. The highest BCUT2D eigenvalue weighted by atomic mass is 16.6. The molecule has 1 aromatic carbocycles. The third-order valence-electron chi connectivity index (χ3n) is 3.12.